The van der Waals surface area contributed by atoms with E-state index in [2.05, 4.69) is 35.2 Å². The zero-order valence-electron chi connectivity index (χ0n) is 19.7. The molecule has 6 heteroatoms. The van der Waals surface area contributed by atoms with Gasteiger partial charge in [0.25, 0.3) is 0 Å². The van der Waals surface area contributed by atoms with Crippen molar-refractivity contribution < 1.29 is 14.6 Å². The highest BCUT2D eigenvalue weighted by Gasteiger charge is 2.43. The number of likely N-dealkylation sites (tertiary alicyclic amines) is 1. The summed E-state index contributed by atoms with van der Waals surface area (Å²) in [5.41, 5.74) is 2.65. The van der Waals surface area contributed by atoms with Crippen molar-refractivity contribution in [1.82, 2.24) is 9.80 Å². The number of rotatable bonds is 5. The zero-order chi connectivity index (χ0) is 24.3. The number of amides is 1. The third-order valence-electron chi connectivity index (χ3n) is 7.32. The standard InChI is InChI=1S/C29H30ClN2O3/c30-26-9-5-4-8-25(26)27(22-10-12-24(33)13-11-22)28(34)31-16-14-29(15-17-31,23-6-2-1-3-7-23)32-18-20-35-21-19-32/h1-13,33H,14-21H2. The lowest BCUT2D eigenvalue weighted by Crippen LogP contribution is -2.57. The Morgan fingerprint density at radius 2 is 1.46 bits per heavy atom. The van der Waals surface area contributed by atoms with Crippen LogP contribution in [0.5, 0.6) is 5.75 Å². The Morgan fingerprint density at radius 3 is 2.11 bits per heavy atom. The van der Waals surface area contributed by atoms with E-state index in [4.69, 9.17) is 16.3 Å². The van der Waals surface area contributed by atoms with Crippen LogP contribution in [0.4, 0.5) is 0 Å². The van der Waals surface area contributed by atoms with Gasteiger partial charge in [0.2, 0.25) is 5.91 Å². The summed E-state index contributed by atoms with van der Waals surface area (Å²) >= 11 is 6.55. The molecule has 181 valence electrons. The molecule has 1 amide bonds. The number of carbonyl (C=O) groups excluding carboxylic acids is 1. The van der Waals surface area contributed by atoms with Gasteiger partial charge in [0.1, 0.15) is 11.7 Å². The molecule has 0 aromatic heterocycles. The molecule has 3 aromatic rings. The number of halogens is 1. The lowest BCUT2D eigenvalue weighted by Gasteiger charge is -2.50. The van der Waals surface area contributed by atoms with Crippen molar-refractivity contribution in [1.29, 1.82) is 0 Å². The number of phenolic OH excluding ortho intramolecular Hbond substituents is 1. The lowest BCUT2D eigenvalue weighted by atomic mass is 9.78. The highest BCUT2D eigenvalue weighted by Crippen LogP contribution is 2.41. The minimum atomic E-state index is -0.106. The van der Waals surface area contributed by atoms with Crippen LogP contribution in [-0.2, 0) is 15.1 Å². The fourth-order valence-electron chi connectivity index (χ4n) is 5.45. The summed E-state index contributed by atoms with van der Waals surface area (Å²) in [6.07, 6.45) is 1.71. The predicted molar refractivity (Wildman–Crippen MR) is 137 cm³/mol. The second-order valence-corrected chi connectivity index (χ2v) is 9.60. The third kappa shape index (κ3) is 4.81. The topological polar surface area (TPSA) is 53.0 Å². The van der Waals surface area contributed by atoms with Gasteiger partial charge in [-0.25, -0.2) is 0 Å². The van der Waals surface area contributed by atoms with Crippen molar-refractivity contribution in [2.75, 3.05) is 39.4 Å². The van der Waals surface area contributed by atoms with Crippen LogP contribution in [0.1, 0.15) is 29.5 Å². The summed E-state index contributed by atoms with van der Waals surface area (Å²) in [5.74, 6) is 0.692. The first-order chi connectivity index (χ1) is 17.1. The maximum Gasteiger partial charge on any atom is 0.239 e. The third-order valence-corrected chi connectivity index (χ3v) is 7.65. The first-order valence-corrected chi connectivity index (χ1v) is 12.6. The van der Waals surface area contributed by atoms with E-state index in [0.717, 1.165) is 44.7 Å². The van der Waals surface area contributed by atoms with E-state index in [1.807, 2.05) is 23.1 Å². The Hall–Kier alpha value is -2.86. The van der Waals surface area contributed by atoms with Crippen molar-refractivity contribution in [2.24, 2.45) is 0 Å². The molecule has 5 rings (SSSR count). The van der Waals surface area contributed by atoms with Crippen molar-refractivity contribution in [3.05, 3.63) is 106 Å². The van der Waals surface area contributed by atoms with E-state index >= 15 is 0 Å². The van der Waals surface area contributed by atoms with Gasteiger partial charge in [0.15, 0.2) is 0 Å². The second kappa shape index (κ2) is 10.4. The second-order valence-electron chi connectivity index (χ2n) is 9.19. The Morgan fingerprint density at radius 1 is 0.829 bits per heavy atom. The summed E-state index contributed by atoms with van der Waals surface area (Å²) in [4.78, 5) is 18.5. The predicted octanol–water partition coefficient (Wildman–Crippen LogP) is 4.87. The normalized spacial score (nSPS) is 18.5. The van der Waals surface area contributed by atoms with Crippen LogP contribution in [0.15, 0.2) is 78.9 Å². The van der Waals surface area contributed by atoms with Gasteiger partial charge in [-0.2, -0.15) is 0 Å². The van der Waals surface area contributed by atoms with Crippen LogP contribution < -0.4 is 0 Å². The quantitative estimate of drug-likeness (QED) is 0.555. The lowest BCUT2D eigenvalue weighted by molar-refractivity contribution is -0.132. The van der Waals surface area contributed by atoms with E-state index < -0.39 is 0 Å². The van der Waals surface area contributed by atoms with Gasteiger partial charge >= 0.3 is 0 Å². The maximum absolute atomic E-state index is 14.0. The van der Waals surface area contributed by atoms with E-state index in [-0.39, 0.29) is 17.2 Å². The van der Waals surface area contributed by atoms with Crippen LogP contribution in [0, 0.1) is 5.92 Å². The number of carbonyl (C=O) groups is 1. The molecule has 0 atom stereocenters. The number of aromatic hydroxyl groups is 1. The fraction of sp³-hybridized carbons (Fsp3) is 0.310. The number of hydrogen-bond acceptors (Lipinski definition) is 4. The molecule has 1 N–H and O–H groups in total. The molecule has 2 fully saturated rings. The van der Waals surface area contributed by atoms with E-state index in [1.165, 1.54) is 5.56 Å². The first kappa shape index (κ1) is 23.9. The molecule has 2 saturated heterocycles. The van der Waals surface area contributed by atoms with Crippen molar-refractivity contribution in [3.8, 4) is 5.75 Å². The maximum atomic E-state index is 14.0. The summed E-state index contributed by atoms with van der Waals surface area (Å²) in [6, 6.07) is 24.9. The Bertz CT molecular complexity index is 1140. The minimum Gasteiger partial charge on any atom is -0.508 e. The van der Waals surface area contributed by atoms with E-state index in [1.54, 1.807) is 30.3 Å². The average Bonchev–Trinajstić information content (AvgIpc) is 2.92. The van der Waals surface area contributed by atoms with Gasteiger partial charge in [0, 0.05) is 36.7 Å². The zero-order valence-corrected chi connectivity index (χ0v) is 20.5. The molecule has 0 spiro atoms. The van der Waals surface area contributed by atoms with E-state index in [9.17, 15) is 9.90 Å². The molecule has 2 aliphatic heterocycles. The largest absolute Gasteiger partial charge is 0.508 e. The van der Waals surface area contributed by atoms with Crippen LogP contribution in [0.3, 0.4) is 0 Å². The summed E-state index contributed by atoms with van der Waals surface area (Å²) < 4.78 is 5.64. The SMILES string of the molecule is O=C([C](c1ccc(O)cc1)c1ccccc1Cl)N1CCC(c2ccccc2)(N2CCOCC2)CC1. The fourth-order valence-corrected chi connectivity index (χ4v) is 5.68. The van der Waals surface area contributed by atoms with Gasteiger partial charge in [0.05, 0.1) is 13.2 Å². The number of hydrogen-bond donors (Lipinski definition) is 1. The number of benzene rings is 3. The van der Waals surface area contributed by atoms with Gasteiger partial charge < -0.3 is 14.7 Å². The Balaban J connectivity index is 1.43. The molecule has 0 saturated carbocycles. The number of nitrogens with zero attached hydrogens (tertiary/aromatic N) is 2. The first-order valence-electron chi connectivity index (χ1n) is 12.2. The monoisotopic (exact) mass is 489 g/mol. The smallest absolute Gasteiger partial charge is 0.239 e. The van der Waals surface area contributed by atoms with Gasteiger partial charge in [-0.05, 0) is 47.7 Å². The number of ether oxygens (including phenoxy) is 1. The van der Waals surface area contributed by atoms with Gasteiger partial charge in [-0.1, -0.05) is 72.3 Å². The molecular formula is C29H30ClN2O3. The molecule has 35 heavy (non-hydrogen) atoms. The summed E-state index contributed by atoms with van der Waals surface area (Å²) in [7, 11) is 0. The minimum absolute atomic E-state index is 0.0348. The number of piperidine rings is 1. The van der Waals surface area contributed by atoms with E-state index in [0.29, 0.717) is 29.6 Å². The average molecular weight is 490 g/mol. The van der Waals surface area contributed by atoms with Crippen molar-refractivity contribution in [3.63, 3.8) is 0 Å². The molecule has 1 radical (unpaired) electrons. The van der Waals surface area contributed by atoms with Crippen LogP contribution in [-0.4, -0.2) is 60.2 Å². The summed E-state index contributed by atoms with van der Waals surface area (Å²) in [6.45, 7) is 4.57. The Labute approximate surface area is 211 Å². The molecule has 0 unspecified atom stereocenters. The van der Waals surface area contributed by atoms with Gasteiger partial charge in [-0.15, -0.1) is 0 Å². The van der Waals surface area contributed by atoms with Crippen LogP contribution in [0.2, 0.25) is 5.02 Å². The number of morpholine rings is 1. The molecular weight excluding hydrogens is 460 g/mol. The number of phenols is 1. The molecule has 0 bridgehead atoms. The summed E-state index contributed by atoms with van der Waals surface area (Å²) in [5, 5.41) is 10.3. The van der Waals surface area contributed by atoms with Crippen molar-refractivity contribution in [2.45, 2.75) is 18.4 Å². The van der Waals surface area contributed by atoms with Crippen molar-refractivity contribution >= 4 is 17.5 Å². The van der Waals surface area contributed by atoms with Crippen LogP contribution in [0.25, 0.3) is 0 Å². The van der Waals surface area contributed by atoms with Gasteiger partial charge in [-0.3, -0.25) is 9.69 Å². The highest BCUT2D eigenvalue weighted by atomic mass is 35.5. The Kier molecular flexibility index (Phi) is 7.09. The molecule has 2 heterocycles. The molecule has 5 nitrogen and oxygen atoms in total. The highest BCUT2D eigenvalue weighted by molar-refractivity contribution is 6.32. The molecule has 3 aromatic carbocycles. The molecule has 0 aliphatic carbocycles. The molecule has 2 aliphatic rings. The van der Waals surface area contributed by atoms with Crippen LogP contribution >= 0.6 is 11.6 Å².